The summed E-state index contributed by atoms with van der Waals surface area (Å²) in [6.45, 7) is 0.217. The van der Waals surface area contributed by atoms with Crippen LogP contribution >= 0.6 is 0 Å². The SMILES string of the molecule is Nc1nc(OCC2CC2)c2ncn(C3C[C@H](F)[C@@H](CO)O3)c2n1. The number of fused-ring (bicyclic) bond motifs is 1. The molecule has 3 atom stereocenters. The van der Waals surface area contributed by atoms with E-state index in [0.29, 0.717) is 29.6 Å². The quantitative estimate of drug-likeness (QED) is 0.838. The second-order valence-electron chi connectivity index (χ2n) is 6.03. The fraction of sp³-hybridized carbons (Fsp3) is 0.643. The molecule has 0 radical (unpaired) electrons. The number of rotatable bonds is 5. The third-order valence-electron chi connectivity index (χ3n) is 4.21. The summed E-state index contributed by atoms with van der Waals surface area (Å²) in [7, 11) is 0. The highest BCUT2D eigenvalue weighted by Gasteiger charge is 2.37. The van der Waals surface area contributed by atoms with Gasteiger partial charge in [0, 0.05) is 6.42 Å². The summed E-state index contributed by atoms with van der Waals surface area (Å²) in [4.78, 5) is 12.6. The molecule has 2 fully saturated rings. The summed E-state index contributed by atoms with van der Waals surface area (Å²) in [5.41, 5.74) is 6.68. The van der Waals surface area contributed by atoms with E-state index in [4.69, 9.17) is 20.3 Å². The van der Waals surface area contributed by atoms with E-state index in [0.717, 1.165) is 12.8 Å². The van der Waals surface area contributed by atoms with Crippen molar-refractivity contribution in [3.05, 3.63) is 6.33 Å². The molecular formula is C14H18FN5O3. The summed E-state index contributed by atoms with van der Waals surface area (Å²) in [5.74, 6) is 0.976. The molecule has 8 nitrogen and oxygen atoms in total. The zero-order valence-corrected chi connectivity index (χ0v) is 12.4. The molecular weight excluding hydrogens is 305 g/mol. The minimum Gasteiger partial charge on any atom is -0.476 e. The maximum atomic E-state index is 13.8. The summed E-state index contributed by atoms with van der Waals surface area (Å²) >= 11 is 0. The first-order valence-corrected chi connectivity index (χ1v) is 7.69. The van der Waals surface area contributed by atoms with Gasteiger partial charge in [-0.3, -0.25) is 4.57 Å². The van der Waals surface area contributed by atoms with Crippen molar-refractivity contribution in [3.8, 4) is 5.88 Å². The normalized spacial score (nSPS) is 27.7. The lowest BCUT2D eigenvalue weighted by atomic mass is 10.2. The summed E-state index contributed by atoms with van der Waals surface area (Å²) < 4.78 is 26.6. The van der Waals surface area contributed by atoms with E-state index in [-0.39, 0.29) is 19.0 Å². The number of nitrogens with two attached hydrogens (primary N) is 1. The van der Waals surface area contributed by atoms with Crippen LogP contribution < -0.4 is 10.5 Å². The Balaban J connectivity index is 1.65. The van der Waals surface area contributed by atoms with Gasteiger partial charge in [0.2, 0.25) is 11.8 Å². The molecule has 2 aliphatic rings. The molecule has 0 amide bonds. The van der Waals surface area contributed by atoms with Gasteiger partial charge in [0.05, 0.1) is 19.5 Å². The van der Waals surface area contributed by atoms with Crippen molar-refractivity contribution < 1.29 is 19.0 Å². The number of aliphatic hydroxyl groups excluding tert-OH is 1. The number of anilines is 1. The Hall–Kier alpha value is -2.00. The van der Waals surface area contributed by atoms with Crippen molar-refractivity contribution in [3.63, 3.8) is 0 Å². The van der Waals surface area contributed by atoms with Gasteiger partial charge in [0.25, 0.3) is 0 Å². The summed E-state index contributed by atoms with van der Waals surface area (Å²) in [6, 6.07) is 0. The maximum absolute atomic E-state index is 13.8. The van der Waals surface area contributed by atoms with Gasteiger partial charge in [0.1, 0.15) is 18.5 Å². The van der Waals surface area contributed by atoms with Crippen LogP contribution in [-0.2, 0) is 4.74 Å². The fourth-order valence-corrected chi connectivity index (χ4v) is 2.72. The Labute approximate surface area is 131 Å². The zero-order chi connectivity index (χ0) is 16.0. The molecule has 2 aromatic heterocycles. The van der Waals surface area contributed by atoms with Crippen LogP contribution in [-0.4, -0.2) is 50.1 Å². The van der Waals surface area contributed by atoms with Crippen molar-refractivity contribution in [1.29, 1.82) is 0 Å². The van der Waals surface area contributed by atoms with E-state index in [2.05, 4.69) is 15.0 Å². The average Bonchev–Trinajstić information content (AvgIpc) is 3.15. The second-order valence-corrected chi connectivity index (χ2v) is 6.03. The third-order valence-corrected chi connectivity index (χ3v) is 4.21. The fourth-order valence-electron chi connectivity index (χ4n) is 2.72. The molecule has 9 heteroatoms. The lowest BCUT2D eigenvalue weighted by molar-refractivity contribution is -0.0323. The number of hydrogen-bond donors (Lipinski definition) is 2. The highest BCUT2D eigenvalue weighted by Crippen LogP contribution is 2.34. The average molecular weight is 323 g/mol. The van der Waals surface area contributed by atoms with Gasteiger partial charge < -0.3 is 20.3 Å². The molecule has 4 rings (SSSR count). The topological polar surface area (TPSA) is 108 Å². The van der Waals surface area contributed by atoms with Crippen LogP contribution in [0, 0.1) is 5.92 Å². The second kappa shape index (κ2) is 5.57. The minimum absolute atomic E-state index is 0.0681. The van der Waals surface area contributed by atoms with Gasteiger partial charge in [0.15, 0.2) is 11.2 Å². The Morgan fingerprint density at radius 3 is 2.96 bits per heavy atom. The highest BCUT2D eigenvalue weighted by atomic mass is 19.1. The molecule has 124 valence electrons. The molecule has 2 aromatic rings. The highest BCUT2D eigenvalue weighted by molar-refractivity contribution is 5.77. The Kier molecular flexibility index (Phi) is 3.53. The molecule has 0 spiro atoms. The van der Waals surface area contributed by atoms with Crippen LogP contribution in [0.2, 0.25) is 0 Å². The molecule has 1 aliphatic carbocycles. The number of aromatic nitrogens is 4. The van der Waals surface area contributed by atoms with Crippen LogP contribution in [0.1, 0.15) is 25.5 Å². The smallest absolute Gasteiger partial charge is 0.247 e. The van der Waals surface area contributed by atoms with Gasteiger partial charge in [-0.1, -0.05) is 0 Å². The first-order valence-electron chi connectivity index (χ1n) is 7.69. The van der Waals surface area contributed by atoms with Crippen LogP contribution in [0.4, 0.5) is 10.3 Å². The lowest BCUT2D eigenvalue weighted by Crippen LogP contribution is -2.21. The van der Waals surface area contributed by atoms with Crippen molar-refractivity contribution in [1.82, 2.24) is 19.5 Å². The minimum atomic E-state index is -1.23. The monoisotopic (exact) mass is 323 g/mol. The Morgan fingerprint density at radius 2 is 2.26 bits per heavy atom. The van der Waals surface area contributed by atoms with Crippen LogP contribution in [0.25, 0.3) is 11.2 Å². The predicted molar refractivity (Wildman–Crippen MR) is 78.5 cm³/mol. The van der Waals surface area contributed by atoms with Crippen molar-refractivity contribution in [2.24, 2.45) is 5.92 Å². The van der Waals surface area contributed by atoms with Gasteiger partial charge in [-0.25, -0.2) is 9.37 Å². The van der Waals surface area contributed by atoms with Gasteiger partial charge in [-0.15, -0.1) is 0 Å². The molecule has 0 bridgehead atoms. The zero-order valence-electron chi connectivity index (χ0n) is 12.4. The van der Waals surface area contributed by atoms with Crippen molar-refractivity contribution >= 4 is 17.1 Å². The number of hydrogen-bond acceptors (Lipinski definition) is 7. The van der Waals surface area contributed by atoms with E-state index in [9.17, 15) is 4.39 Å². The van der Waals surface area contributed by atoms with E-state index >= 15 is 0 Å². The van der Waals surface area contributed by atoms with Crippen LogP contribution in [0.15, 0.2) is 6.33 Å². The van der Waals surface area contributed by atoms with E-state index in [1.54, 1.807) is 4.57 Å². The van der Waals surface area contributed by atoms with Crippen molar-refractivity contribution in [2.45, 2.75) is 37.8 Å². The Bertz CT molecular complexity index is 720. The number of nitrogen functional groups attached to an aromatic ring is 1. The molecule has 0 aromatic carbocycles. The number of nitrogens with zero attached hydrogens (tertiary/aromatic N) is 4. The standard InChI is InChI=1S/C14H18FN5O3/c15-8-3-10(23-9(8)4-21)20-6-17-11-12(20)18-14(16)19-13(11)22-5-7-1-2-7/h6-10,21H,1-5H2,(H2,16,18,19)/t8-,9+,10?/m0/s1. The molecule has 3 heterocycles. The number of aliphatic hydroxyl groups is 1. The van der Waals surface area contributed by atoms with Crippen molar-refractivity contribution in [2.75, 3.05) is 18.9 Å². The van der Waals surface area contributed by atoms with Crippen LogP contribution in [0.3, 0.4) is 0 Å². The summed E-state index contributed by atoms with van der Waals surface area (Å²) in [5, 5.41) is 9.13. The number of halogens is 1. The maximum Gasteiger partial charge on any atom is 0.247 e. The van der Waals surface area contributed by atoms with Crippen LogP contribution in [0.5, 0.6) is 5.88 Å². The number of alkyl halides is 1. The first-order chi connectivity index (χ1) is 11.2. The molecule has 1 aliphatic heterocycles. The van der Waals surface area contributed by atoms with Gasteiger partial charge >= 0.3 is 0 Å². The molecule has 23 heavy (non-hydrogen) atoms. The van der Waals surface area contributed by atoms with E-state index in [1.807, 2.05) is 0 Å². The van der Waals surface area contributed by atoms with E-state index < -0.39 is 18.5 Å². The number of ether oxygens (including phenoxy) is 2. The Morgan fingerprint density at radius 1 is 1.43 bits per heavy atom. The summed E-state index contributed by atoms with van der Waals surface area (Å²) in [6.07, 6.45) is 1.31. The van der Waals surface area contributed by atoms with Gasteiger partial charge in [-0.05, 0) is 18.8 Å². The van der Waals surface area contributed by atoms with E-state index in [1.165, 1.54) is 6.33 Å². The molecule has 1 saturated heterocycles. The predicted octanol–water partition coefficient (Wildman–Crippen LogP) is 0.815. The van der Waals surface area contributed by atoms with Gasteiger partial charge in [-0.2, -0.15) is 9.97 Å². The molecule has 3 N–H and O–H groups in total. The third kappa shape index (κ3) is 2.70. The largest absolute Gasteiger partial charge is 0.476 e. The lowest BCUT2D eigenvalue weighted by Gasteiger charge is -2.13. The number of imidazole rings is 1. The first kappa shape index (κ1) is 14.6. The molecule has 1 saturated carbocycles. The molecule has 1 unspecified atom stereocenters.